The van der Waals surface area contributed by atoms with Crippen molar-refractivity contribution in [3.05, 3.63) is 0 Å². The predicted molar refractivity (Wildman–Crippen MR) is 65.0 cm³/mol. The highest BCUT2D eigenvalue weighted by Crippen LogP contribution is 2.06. The lowest BCUT2D eigenvalue weighted by Gasteiger charge is -2.15. The minimum Gasteiger partial charge on any atom is -0.366 e. The summed E-state index contributed by atoms with van der Waals surface area (Å²) in [5.41, 5.74) is 0. The lowest BCUT2D eigenvalue weighted by atomic mass is 10.1. The molecule has 0 spiro atoms. The van der Waals surface area contributed by atoms with Gasteiger partial charge in [0.25, 0.3) is 0 Å². The highest BCUT2D eigenvalue weighted by Gasteiger charge is 2.00. The van der Waals surface area contributed by atoms with E-state index in [4.69, 9.17) is 0 Å². The van der Waals surface area contributed by atoms with Crippen LogP contribution >= 0.6 is 0 Å². The van der Waals surface area contributed by atoms with Crippen molar-refractivity contribution in [2.75, 3.05) is 20.6 Å². The second kappa shape index (κ2) is 9.04. The molecule has 0 radical (unpaired) electrons. The summed E-state index contributed by atoms with van der Waals surface area (Å²) in [5.74, 6) is 1.25. The predicted octanol–water partition coefficient (Wildman–Crippen LogP) is 3.33. The van der Waals surface area contributed by atoms with E-state index < -0.39 is 0 Å². The zero-order chi connectivity index (χ0) is 10.8. The summed E-state index contributed by atoms with van der Waals surface area (Å²) in [7, 11) is 4.17. The molecule has 0 amide bonds. The fraction of sp³-hybridized carbons (Fsp3) is 0.917. The summed E-state index contributed by atoms with van der Waals surface area (Å²) in [6.07, 6.45) is 7.86. The molecule has 0 fully saturated rings. The van der Waals surface area contributed by atoms with Gasteiger partial charge in [-0.05, 0) is 13.3 Å². The largest absolute Gasteiger partial charge is 0.366 e. The monoisotopic (exact) mass is 198 g/mol. The fourth-order valence-corrected chi connectivity index (χ4v) is 1.51. The van der Waals surface area contributed by atoms with E-state index in [1.54, 1.807) is 0 Å². The number of nitrogens with zero attached hydrogens (tertiary/aromatic N) is 2. The molecule has 2 heteroatoms. The Kier molecular flexibility index (Phi) is 8.70. The summed E-state index contributed by atoms with van der Waals surface area (Å²) in [6.45, 7) is 5.26. The Morgan fingerprint density at radius 3 is 2.14 bits per heavy atom. The smallest absolute Gasteiger partial charge is 0.0983 e. The van der Waals surface area contributed by atoms with Crippen LogP contribution in [0.3, 0.4) is 0 Å². The van der Waals surface area contributed by atoms with Crippen molar-refractivity contribution in [3.63, 3.8) is 0 Å². The first-order valence-corrected chi connectivity index (χ1v) is 5.93. The van der Waals surface area contributed by atoms with Gasteiger partial charge in [0.2, 0.25) is 0 Å². The van der Waals surface area contributed by atoms with Crippen molar-refractivity contribution in [2.45, 2.75) is 52.4 Å². The van der Waals surface area contributed by atoms with Crippen LogP contribution in [0.2, 0.25) is 0 Å². The highest BCUT2D eigenvalue weighted by molar-refractivity contribution is 5.81. The van der Waals surface area contributed by atoms with E-state index in [0.717, 1.165) is 13.0 Å². The van der Waals surface area contributed by atoms with Gasteiger partial charge < -0.3 is 4.90 Å². The summed E-state index contributed by atoms with van der Waals surface area (Å²) in [5, 5.41) is 0. The van der Waals surface area contributed by atoms with Gasteiger partial charge in [-0.25, -0.2) is 0 Å². The third-order valence-corrected chi connectivity index (χ3v) is 2.36. The molecule has 0 N–H and O–H groups in total. The van der Waals surface area contributed by atoms with Gasteiger partial charge in [-0.2, -0.15) is 0 Å². The van der Waals surface area contributed by atoms with E-state index in [9.17, 15) is 0 Å². The molecular weight excluding hydrogens is 172 g/mol. The lowest BCUT2D eigenvalue weighted by molar-refractivity contribution is 0.576. The Labute approximate surface area is 89.4 Å². The van der Waals surface area contributed by atoms with Crippen LogP contribution in [0.25, 0.3) is 0 Å². The van der Waals surface area contributed by atoms with Crippen molar-refractivity contribution in [3.8, 4) is 0 Å². The zero-order valence-corrected chi connectivity index (χ0v) is 10.3. The second-order valence-corrected chi connectivity index (χ2v) is 3.95. The van der Waals surface area contributed by atoms with Crippen LogP contribution in [-0.2, 0) is 0 Å². The van der Waals surface area contributed by atoms with Gasteiger partial charge in [0.1, 0.15) is 0 Å². The van der Waals surface area contributed by atoms with Gasteiger partial charge in [0, 0.05) is 27.1 Å². The van der Waals surface area contributed by atoms with E-state index >= 15 is 0 Å². The minimum atomic E-state index is 0.905. The van der Waals surface area contributed by atoms with Gasteiger partial charge in [-0.15, -0.1) is 0 Å². The van der Waals surface area contributed by atoms with Crippen molar-refractivity contribution >= 4 is 5.84 Å². The van der Waals surface area contributed by atoms with Gasteiger partial charge in [-0.3, -0.25) is 4.99 Å². The molecule has 0 aliphatic heterocycles. The number of rotatable bonds is 7. The maximum atomic E-state index is 4.48. The average Bonchev–Trinajstić information content (AvgIpc) is 2.15. The molecule has 0 aromatic rings. The standard InChI is InChI=1S/C12H26N2/c1-5-7-8-9-10-11-12(13-6-2)14(3)4/h5-11H2,1-4H3. The number of aliphatic imine (C=N–C) groups is 1. The first-order chi connectivity index (χ1) is 6.72. The van der Waals surface area contributed by atoms with Crippen molar-refractivity contribution in [2.24, 2.45) is 4.99 Å². The molecule has 0 rings (SSSR count). The van der Waals surface area contributed by atoms with E-state index in [1.807, 2.05) is 0 Å². The van der Waals surface area contributed by atoms with Crippen molar-refractivity contribution in [1.29, 1.82) is 0 Å². The fourth-order valence-electron chi connectivity index (χ4n) is 1.51. The summed E-state index contributed by atoms with van der Waals surface area (Å²) in [4.78, 5) is 6.63. The van der Waals surface area contributed by atoms with E-state index in [2.05, 4.69) is 37.8 Å². The van der Waals surface area contributed by atoms with Gasteiger partial charge in [-0.1, -0.05) is 32.6 Å². The molecule has 14 heavy (non-hydrogen) atoms. The van der Waals surface area contributed by atoms with Crippen LogP contribution in [0, 0.1) is 0 Å². The molecular formula is C12H26N2. The molecule has 0 aliphatic carbocycles. The summed E-state index contributed by atoms with van der Waals surface area (Å²) in [6, 6.07) is 0. The Hall–Kier alpha value is -0.530. The second-order valence-electron chi connectivity index (χ2n) is 3.95. The van der Waals surface area contributed by atoms with Crippen LogP contribution in [-0.4, -0.2) is 31.4 Å². The normalized spacial score (nSPS) is 11.9. The van der Waals surface area contributed by atoms with E-state index in [0.29, 0.717) is 0 Å². The summed E-state index contributed by atoms with van der Waals surface area (Å²) < 4.78 is 0. The molecule has 84 valence electrons. The molecule has 0 atom stereocenters. The third kappa shape index (κ3) is 6.93. The molecule has 2 nitrogen and oxygen atoms in total. The molecule has 0 saturated heterocycles. The number of hydrogen-bond donors (Lipinski definition) is 0. The van der Waals surface area contributed by atoms with Gasteiger partial charge in [0.15, 0.2) is 0 Å². The molecule has 0 aromatic carbocycles. The van der Waals surface area contributed by atoms with Crippen molar-refractivity contribution in [1.82, 2.24) is 4.90 Å². The van der Waals surface area contributed by atoms with Crippen molar-refractivity contribution < 1.29 is 0 Å². The number of unbranched alkanes of at least 4 members (excludes halogenated alkanes) is 4. The van der Waals surface area contributed by atoms with Crippen LogP contribution < -0.4 is 0 Å². The zero-order valence-electron chi connectivity index (χ0n) is 10.3. The Morgan fingerprint density at radius 2 is 1.64 bits per heavy atom. The van der Waals surface area contributed by atoms with Gasteiger partial charge in [0.05, 0.1) is 5.84 Å². The van der Waals surface area contributed by atoms with E-state index in [-0.39, 0.29) is 0 Å². The topological polar surface area (TPSA) is 15.6 Å². The molecule has 0 heterocycles. The molecule has 0 bridgehead atoms. The third-order valence-electron chi connectivity index (χ3n) is 2.36. The Bertz CT molecular complexity index is 150. The molecule has 0 aromatic heterocycles. The highest BCUT2D eigenvalue weighted by atomic mass is 15.1. The van der Waals surface area contributed by atoms with Crippen LogP contribution in [0.1, 0.15) is 52.4 Å². The van der Waals surface area contributed by atoms with Crippen LogP contribution in [0.5, 0.6) is 0 Å². The Balaban J connectivity index is 3.57. The average molecular weight is 198 g/mol. The first-order valence-electron chi connectivity index (χ1n) is 5.93. The van der Waals surface area contributed by atoms with E-state index in [1.165, 1.54) is 37.9 Å². The van der Waals surface area contributed by atoms with Crippen LogP contribution in [0.4, 0.5) is 0 Å². The number of amidine groups is 1. The first kappa shape index (κ1) is 13.5. The van der Waals surface area contributed by atoms with Crippen LogP contribution in [0.15, 0.2) is 4.99 Å². The lowest BCUT2D eigenvalue weighted by Crippen LogP contribution is -2.22. The Morgan fingerprint density at radius 1 is 1.00 bits per heavy atom. The molecule has 0 saturated carbocycles. The maximum absolute atomic E-state index is 4.48. The summed E-state index contributed by atoms with van der Waals surface area (Å²) >= 11 is 0. The SMILES string of the molecule is CCCCCCCC(=NCC)N(C)C. The van der Waals surface area contributed by atoms with Gasteiger partial charge >= 0.3 is 0 Å². The maximum Gasteiger partial charge on any atom is 0.0983 e. The number of hydrogen-bond acceptors (Lipinski definition) is 1. The quantitative estimate of drug-likeness (QED) is 0.348. The minimum absolute atomic E-state index is 0.905. The molecule has 0 aliphatic rings. The molecule has 0 unspecified atom stereocenters.